The van der Waals surface area contributed by atoms with Crippen molar-refractivity contribution in [2.24, 2.45) is 4.99 Å². The third-order valence-corrected chi connectivity index (χ3v) is 5.57. The van der Waals surface area contributed by atoms with Crippen molar-refractivity contribution in [3.05, 3.63) is 24.3 Å². The average Bonchev–Trinajstić information content (AvgIpc) is 3.20. The molecule has 3 N–H and O–H groups in total. The topological polar surface area (TPSA) is 78.0 Å². The lowest BCUT2D eigenvalue weighted by molar-refractivity contribution is -0.120. The standard InChI is InChI=1S/C21H33N5O2/c1-22-21(23-14-20(27)24-16-8-4-3-5-9-16)25-17-12-13-26(15-17)18-10-6-7-11-19(18)28-2/h6-7,10-11,16-17H,3-5,8-9,12-15H2,1-2H3,(H,24,27)(H2,22,23,25). The van der Waals surface area contributed by atoms with E-state index in [2.05, 4.69) is 31.9 Å². The Morgan fingerprint density at radius 1 is 1.14 bits per heavy atom. The van der Waals surface area contributed by atoms with Crippen LogP contribution in [0.3, 0.4) is 0 Å². The minimum atomic E-state index is 0.0388. The molecule has 1 heterocycles. The summed E-state index contributed by atoms with van der Waals surface area (Å²) in [5.41, 5.74) is 1.11. The highest BCUT2D eigenvalue weighted by Gasteiger charge is 2.25. The molecule has 1 amide bonds. The number of methoxy groups -OCH3 is 1. The second kappa shape index (κ2) is 10.2. The van der Waals surface area contributed by atoms with Gasteiger partial charge in [0.1, 0.15) is 5.75 Å². The van der Waals surface area contributed by atoms with Crippen LogP contribution in [0.1, 0.15) is 38.5 Å². The molecule has 2 fully saturated rings. The van der Waals surface area contributed by atoms with Crippen molar-refractivity contribution in [3.63, 3.8) is 0 Å². The molecule has 1 aromatic carbocycles. The Kier molecular flexibility index (Phi) is 7.39. The Morgan fingerprint density at radius 2 is 1.93 bits per heavy atom. The summed E-state index contributed by atoms with van der Waals surface area (Å²) in [6.45, 7) is 2.08. The molecule has 1 aliphatic carbocycles. The first-order valence-corrected chi connectivity index (χ1v) is 10.3. The van der Waals surface area contributed by atoms with Gasteiger partial charge in [-0.25, -0.2) is 0 Å². The lowest BCUT2D eigenvalue weighted by Crippen LogP contribution is -2.49. The van der Waals surface area contributed by atoms with Gasteiger partial charge in [-0.1, -0.05) is 31.4 Å². The van der Waals surface area contributed by atoms with Crippen molar-refractivity contribution in [1.82, 2.24) is 16.0 Å². The third kappa shape index (κ3) is 5.53. The van der Waals surface area contributed by atoms with E-state index in [4.69, 9.17) is 4.74 Å². The maximum Gasteiger partial charge on any atom is 0.239 e. The number of amides is 1. The zero-order valence-corrected chi connectivity index (χ0v) is 17.0. The number of rotatable bonds is 6. The Balaban J connectivity index is 1.44. The molecule has 0 aromatic heterocycles. The van der Waals surface area contributed by atoms with E-state index in [0.717, 1.165) is 43.8 Å². The summed E-state index contributed by atoms with van der Waals surface area (Å²) in [5.74, 6) is 1.60. The molecule has 2 aliphatic rings. The summed E-state index contributed by atoms with van der Waals surface area (Å²) < 4.78 is 5.48. The molecule has 1 aliphatic heterocycles. The Morgan fingerprint density at radius 3 is 2.68 bits per heavy atom. The van der Waals surface area contributed by atoms with Crippen LogP contribution in [0, 0.1) is 0 Å². The van der Waals surface area contributed by atoms with E-state index in [-0.39, 0.29) is 18.5 Å². The van der Waals surface area contributed by atoms with Gasteiger partial charge in [0.25, 0.3) is 0 Å². The molecular formula is C21H33N5O2. The maximum absolute atomic E-state index is 12.2. The van der Waals surface area contributed by atoms with Crippen molar-refractivity contribution < 1.29 is 9.53 Å². The van der Waals surface area contributed by atoms with Crippen LogP contribution in [0.5, 0.6) is 5.75 Å². The Bertz CT molecular complexity index is 673. The van der Waals surface area contributed by atoms with Gasteiger partial charge in [-0.3, -0.25) is 9.79 Å². The minimum absolute atomic E-state index is 0.0388. The van der Waals surface area contributed by atoms with Crippen molar-refractivity contribution in [1.29, 1.82) is 0 Å². The number of hydrogen-bond acceptors (Lipinski definition) is 4. The van der Waals surface area contributed by atoms with Gasteiger partial charge in [-0.15, -0.1) is 0 Å². The summed E-state index contributed by atoms with van der Waals surface area (Å²) in [6, 6.07) is 8.70. The minimum Gasteiger partial charge on any atom is -0.495 e. The molecule has 154 valence electrons. The van der Waals surface area contributed by atoms with Crippen LogP contribution in [0.4, 0.5) is 5.69 Å². The first-order valence-electron chi connectivity index (χ1n) is 10.3. The highest BCUT2D eigenvalue weighted by molar-refractivity contribution is 5.86. The molecule has 3 rings (SSSR count). The van der Waals surface area contributed by atoms with Crippen molar-refractivity contribution in [2.45, 2.75) is 50.6 Å². The number of anilines is 1. The summed E-state index contributed by atoms with van der Waals surface area (Å²) in [7, 11) is 3.44. The quantitative estimate of drug-likeness (QED) is 0.513. The molecule has 1 aromatic rings. The normalized spacial score (nSPS) is 20.7. The monoisotopic (exact) mass is 387 g/mol. The SMILES string of the molecule is CN=C(NCC(=O)NC1CCCCC1)NC1CCN(c2ccccc2OC)C1. The number of carbonyl (C=O) groups is 1. The zero-order valence-electron chi connectivity index (χ0n) is 17.0. The summed E-state index contributed by atoms with van der Waals surface area (Å²) in [4.78, 5) is 18.8. The number of para-hydroxylation sites is 2. The lowest BCUT2D eigenvalue weighted by atomic mass is 9.95. The van der Waals surface area contributed by atoms with E-state index in [1.165, 1.54) is 19.3 Å². The highest BCUT2D eigenvalue weighted by atomic mass is 16.5. The van der Waals surface area contributed by atoms with Crippen LogP contribution in [0.25, 0.3) is 0 Å². The molecular weight excluding hydrogens is 354 g/mol. The molecule has 1 saturated heterocycles. The number of ether oxygens (including phenoxy) is 1. The van der Waals surface area contributed by atoms with E-state index in [1.807, 2.05) is 18.2 Å². The fraction of sp³-hybridized carbons (Fsp3) is 0.619. The van der Waals surface area contributed by atoms with E-state index >= 15 is 0 Å². The second-order valence-corrected chi connectivity index (χ2v) is 7.58. The molecule has 0 radical (unpaired) electrons. The smallest absolute Gasteiger partial charge is 0.239 e. The number of nitrogens with zero attached hydrogens (tertiary/aromatic N) is 2. The third-order valence-electron chi connectivity index (χ3n) is 5.57. The summed E-state index contributed by atoms with van der Waals surface area (Å²) in [6.07, 6.45) is 6.92. The van der Waals surface area contributed by atoms with Gasteiger partial charge in [0, 0.05) is 32.2 Å². The van der Waals surface area contributed by atoms with E-state index in [1.54, 1.807) is 14.2 Å². The van der Waals surface area contributed by atoms with Gasteiger partial charge in [0.05, 0.1) is 19.3 Å². The number of aliphatic imine (C=N–C) groups is 1. The Hall–Kier alpha value is -2.44. The number of carbonyl (C=O) groups excluding carboxylic acids is 1. The number of hydrogen-bond donors (Lipinski definition) is 3. The summed E-state index contributed by atoms with van der Waals surface area (Å²) >= 11 is 0. The number of benzene rings is 1. The van der Waals surface area contributed by atoms with Crippen LogP contribution in [0.2, 0.25) is 0 Å². The van der Waals surface area contributed by atoms with E-state index < -0.39 is 0 Å². The molecule has 28 heavy (non-hydrogen) atoms. The van der Waals surface area contributed by atoms with Crippen LogP contribution in [-0.2, 0) is 4.79 Å². The second-order valence-electron chi connectivity index (χ2n) is 7.58. The first-order chi connectivity index (χ1) is 13.7. The van der Waals surface area contributed by atoms with Crippen LogP contribution >= 0.6 is 0 Å². The lowest BCUT2D eigenvalue weighted by Gasteiger charge is -2.23. The van der Waals surface area contributed by atoms with Crippen LogP contribution in [0.15, 0.2) is 29.3 Å². The van der Waals surface area contributed by atoms with Crippen molar-refractivity contribution in [3.8, 4) is 5.75 Å². The summed E-state index contributed by atoms with van der Waals surface area (Å²) in [5, 5.41) is 9.71. The van der Waals surface area contributed by atoms with Gasteiger partial charge >= 0.3 is 0 Å². The van der Waals surface area contributed by atoms with Gasteiger partial charge in [-0.2, -0.15) is 0 Å². The highest BCUT2D eigenvalue weighted by Crippen LogP contribution is 2.30. The number of nitrogens with one attached hydrogen (secondary N) is 3. The average molecular weight is 388 g/mol. The first kappa shape index (κ1) is 20.3. The van der Waals surface area contributed by atoms with Crippen molar-refractivity contribution in [2.75, 3.05) is 38.7 Å². The van der Waals surface area contributed by atoms with Crippen molar-refractivity contribution >= 4 is 17.6 Å². The predicted octanol–water partition coefficient (Wildman–Crippen LogP) is 1.89. The molecule has 7 nitrogen and oxygen atoms in total. The maximum atomic E-state index is 12.2. The fourth-order valence-corrected chi connectivity index (χ4v) is 4.07. The van der Waals surface area contributed by atoms with Gasteiger partial charge < -0.3 is 25.6 Å². The van der Waals surface area contributed by atoms with Gasteiger partial charge in [0.15, 0.2) is 5.96 Å². The van der Waals surface area contributed by atoms with E-state index in [9.17, 15) is 4.79 Å². The Labute approximate surface area is 167 Å². The molecule has 0 spiro atoms. The van der Waals surface area contributed by atoms with Gasteiger partial charge in [0.2, 0.25) is 5.91 Å². The number of guanidine groups is 1. The zero-order chi connectivity index (χ0) is 19.8. The predicted molar refractivity (Wildman–Crippen MR) is 113 cm³/mol. The fourth-order valence-electron chi connectivity index (χ4n) is 4.07. The molecule has 0 bridgehead atoms. The van der Waals surface area contributed by atoms with Gasteiger partial charge in [-0.05, 0) is 31.4 Å². The van der Waals surface area contributed by atoms with Crippen LogP contribution < -0.4 is 25.6 Å². The molecule has 1 saturated carbocycles. The van der Waals surface area contributed by atoms with Crippen LogP contribution in [-0.4, -0.2) is 57.7 Å². The largest absolute Gasteiger partial charge is 0.495 e. The molecule has 1 atom stereocenters. The molecule has 7 heteroatoms. The molecule has 1 unspecified atom stereocenters. The van der Waals surface area contributed by atoms with E-state index in [0.29, 0.717) is 12.0 Å².